The molecule has 0 amide bonds. The number of nitrogens with zero attached hydrogens (tertiary/aromatic N) is 6. The number of hydrogen-bond acceptors (Lipinski definition) is 4. The highest BCUT2D eigenvalue weighted by molar-refractivity contribution is 6.26. The van der Waals surface area contributed by atoms with Gasteiger partial charge in [0.25, 0.3) is 5.56 Å². The number of rotatable bonds is 6. The molecule has 7 nitrogen and oxygen atoms in total. The van der Waals surface area contributed by atoms with Crippen LogP contribution >= 0.6 is 0 Å². The topological polar surface area (TPSA) is 70.5 Å². The van der Waals surface area contributed by atoms with Crippen molar-refractivity contribution in [2.75, 3.05) is 0 Å². The summed E-state index contributed by atoms with van der Waals surface area (Å²) in [6.45, 7) is 0. The summed E-state index contributed by atoms with van der Waals surface area (Å²) in [6, 6.07) is 84.3. The molecule has 0 spiro atoms. The standard InChI is InChI=1S/C66H40N6O/c73-65-61-56-39-44(43-32-36-59-55(38-43)52-28-14-16-30-57(52)70(59)46-34-35-51-49-26-11-10-24-47(49)48-25-12-13-27-50(48)54(51)40-46)33-37-60(56)72(62(61)53-29-15-17-31-58(53)71(65)45-22-8-3-9-23-45)66-68-63(41-18-4-1-5-19-41)67-64(69-66)42-20-6-2-7-21-42/h1-40H. The van der Waals surface area contributed by atoms with Crippen LogP contribution in [0.3, 0.4) is 0 Å². The van der Waals surface area contributed by atoms with E-state index in [9.17, 15) is 0 Å². The van der Waals surface area contributed by atoms with Gasteiger partial charge in [-0.3, -0.25) is 13.9 Å². The molecular formula is C66H40N6O. The summed E-state index contributed by atoms with van der Waals surface area (Å²) in [7, 11) is 0. The number of hydrogen-bond donors (Lipinski definition) is 0. The molecule has 15 aromatic rings. The third-order valence-electron chi connectivity index (χ3n) is 14.7. The molecule has 0 aliphatic heterocycles. The molecular weight excluding hydrogens is 893 g/mol. The summed E-state index contributed by atoms with van der Waals surface area (Å²) in [5.41, 5.74) is 10.1. The number of aromatic nitrogens is 6. The summed E-state index contributed by atoms with van der Waals surface area (Å²) in [4.78, 5) is 31.1. The fourth-order valence-corrected chi connectivity index (χ4v) is 11.4. The van der Waals surface area contributed by atoms with E-state index in [1.54, 1.807) is 0 Å². The van der Waals surface area contributed by atoms with Crippen molar-refractivity contribution in [1.29, 1.82) is 0 Å². The second kappa shape index (κ2) is 16.0. The third kappa shape index (κ3) is 6.25. The van der Waals surface area contributed by atoms with Gasteiger partial charge in [-0.25, -0.2) is 4.98 Å². The maximum absolute atomic E-state index is 15.6. The molecule has 0 saturated heterocycles. The highest BCUT2D eigenvalue weighted by Crippen LogP contribution is 2.42. The van der Waals surface area contributed by atoms with Gasteiger partial charge in [0, 0.05) is 44.0 Å². The van der Waals surface area contributed by atoms with E-state index in [0.29, 0.717) is 23.0 Å². The molecule has 0 radical (unpaired) electrons. The second-order valence-electron chi connectivity index (χ2n) is 18.7. The molecule has 4 aromatic heterocycles. The summed E-state index contributed by atoms with van der Waals surface area (Å²) < 4.78 is 6.31. The minimum absolute atomic E-state index is 0.129. The molecule has 0 atom stereocenters. The molecule has 0 N–H and O–H groups in total. The van der Waals surface area contributed by atoms with Crippen molar-refractivity contribution in [3.8, 4) is 51.2 Å². The van der Waals surface area contributed by atoms with Crippen LogP contribution in [0.1, 0.15) is 0 Å². The molecule has 7 heteroatoms. The van der Waals surface area contributed by atoms with Gasteiger partial charge in [0.1, 0.15) is 0 Å². The van der Waals surface area contributed by atoms with Gasteiger partial charge in [-0.15, -0.1) is 0 Å². The maximum Gasteiger partial charge on any atom is 0.265 e. The number of para-hydroxylation sites is 3. The van der Waals surface area contributed by atoms with E-state index in [-0.39, 0.29) is 5.56 Å². The molecule has 15 rings (SSSR count). The fraction of sp³-hybridized carbons (Fsp3) is 0. The van der Waals surface area contributed by atoms with Crippen LogP contribution in [0.4, 0.5) is 0 Å². The lowest BCUT2D eigenvalue weighted by Crippen LogP contribution is -2.19. The average molecular weight is 933 g/mol. The molecule has 11 aromatic carbocycles. The number of fused-ring (bicyclic) bond motifs is 14. The second-order valence-corrected chi connectivity index (χ2v) is 18.7. The fourth-order valence-electron chi connectivity index (χ4n) is 11.4. The molecule has 0 fully saturated rings. The van der Waals surface area contributed by atoms with Crippen LogP contribution < -0.4 is 5.56 Å². The molecule has 0 unspecified atom stereocenters. The quantitative estimate of drug-likeness (QED) is 0.156. The van der Waals surface area contributed by atoms with Crippen LogP contribution in [0.25, 0.3) is 138 Å². The Kier molecular flexibility index (Phi) is 8.97. The zero-order valence-corrected chi connectivity index (χ0v) is 39.2. The zero-order chi connectivity index (χ0) is 48.1. The van der Waals surface area contributed by atoms with Crippen molar-refractivity contribution in [2.45, 2.75) is 0 Å². The Morgan fingerprint density at radius 2 is 0.726 bits per heavy atom. The lowest BCUT2D eigenvalue weighted by molar-refractivity contribution is 0.953. The lowest BCUT2D eigenvalue weighted by Gasteiger charge is -2.14. The SMILES string of the molecule is O=c1c2c3cc(-c4ccc5c(c4)c4ccccc4n5-c4ccc5c6ccccc6c6ccccc6c5c4)ccc3n(-c3nc(-c4ccccc4)nc(-c4ccccc4)n3)c2c2ccccc2n1-c1ccccc1. The van der Waals surface area contributed by atoms with Gasteiger partial charge < -0.3 is 4.57 Å². The first-order valence-electron chi connectivity index (χ1n) is 24.6. The zero-order valence-electron chi connectivity index (χ0n) is 39.2. The van der Waals surface area contributed by atoms with Crippen LogP contribution in [0.5, 0.6) is 0 Å². The van der Waals surface area contributed by atoms with E-state index in [1.165, 1.54) is 32.3 Å². The van der Waals surface area contributed by atoms with Crippen LogP contribution in [0.2, 0.25) is 0 Å². The first kappa shape index (κ1) is 40.9. The Morgan fingerprint density at radius 1 is 0.274 bits per heavy atom. The van der Waals surface area contributed by atoms with E-state index in [0.717, 1.165) is 82.8 Å². The van der Waals surface area contributed by atoms with Crippen LogP contribution in [0, 0.1) is 0 Å². The van der Waals surface area contributed by atoms with Crippen LogP contribution in [-0.4, -0.2) is 28.7 Å². The summed E-state index contributed by atoms with van der Waals surface area (Å²) in [6.07, 6.45) is 0. The average Bonchev–Trinajstić information content (AvgIpc) is 3.99. The van der Waals surface area contributed by atoms with Gasteiger partial charge in [0.05, 0.1) is 33.0 Å². The van der Waals surface area contributed by atoms with Gasteiger partial charge in [0.15, 0.2) is 11.6 Å². The van der Waals surface area contributed by atoms with E-state index in [1.807, 2.05) is 114 Å². The van der Waals surface area contributed by atoms with Crippen molar-refractivity contribution in [3.63, 3.8) is 0 Å². The van der Waals surface area contributed by atoms with Crippen LogP contribution in [0.15, 0.2) is 247 Å². The van der Waals surface area contributed by atoms with E-state index >= 15 is 4.79 Å². The first-order chi connectivity index (χ1) is 36.1. The predicted octanol–water partition coefficient (Wildman–Crippen LogP) is 15.8. The molecule has 340 valence electrons. The predicted molar refractivity (Wildman–Crippen MR) is 300 cm³/mol. The summed E-state index contributed by atoms with van der Waals surface area (Å²) >= 11 is 0. The van der Waals surface area contributed by atoms with Crippen molar-refractivity contribution < 1.29 is 0 Å². The summed E-state index contributed by atoms with van der Waals surface area (Å²) in [5.74, 6) is 1.50. The Morgan fingerprint density at radius 3 is 1.33 bits per heavy atom. The van der Waals surface area contributed by atoms with Gasteiger partial charge in [-0.05, 0) is 104 Å². The number of pyridine rings is 1. The Hall–Kier alpha value is -9.98. The number of benzene rings is 11. The Bertz CT molecular complexity index is 4710. The minimum atomic E-state index is -0.129. The van der Waals surface area contributed by atoms with Gasteiger partial charge >= 0.3 is 0 Å². The molecule has 0 bridgehead atoms. The minimum Gasteiger partial charge on any atom is -0.309 e. The first-order valence-corrected chi connectivity index (χ1v) is 24.6. The third-order valence-corrected chi connectivity index (χ3v) is 14.7. The van der Waals surface area contributed by atoms with E-state index < -0.39 is 0 Å². The normalized spacial score (nSPS) is 11.9. The largest absolute Gasteiger partial charge is 0.309 e. The Balaban J connectivity index is 0.978. The monoisotopic (exact) mass is 932 g/mol. The molecule has 73 heavy (non-hydrogen) atoms. The van der Waals surface area contributed by atoms with Crippen molar-refractivity contribution >= 4 is 86.8 Å². The van der Waals surface area contributed by atoms with Gasteiger partial charge in [-0.2, -0.15) is 9.97 Å². The van der Waals surface area contributed by atoms with Gasteiger partial charge in [0.2, 0.25) is 5.95 Å². The molecule has 4 heterocycles. The summed E-state index contributed by atoms with van der Waals surface area (Å²) in [5, 5.41) is 12.1. The highest BCUT2D eigenvalue weighted by Gasteiger charge is 2.25. The van der Waals surface area contributed by atoms with Crippen molar-refractivity contribution in [2.24, 2.45) is 0 Å². The maximum atomic E-state index is 15.6. The highest BCUT2D eigenvalue weighted by atomic mass is 16.1. The van der Waals surface area contributed by atoms with Crippen LogP contribution in [-0.2, 0) is 0 Å². The molecule has 0 aliphatic carbocycles. The van der Waals surface area contributed by atoms with E-state index in [4.69, 9.17) is 15.0 Å². The molecule has 0 aliphatic rings. The molecule has 0 saturated carbocycles. The van der Waals surface area contributed by atoms with Crippen molar-refractivity contribution in [3.05, 3.63) is 253 Å². The lowest BCUT2D eigenvalue weighted by atomic mass is 9.94. The van der Waals surface area contributed by atoms with Crippen molar-refractivity contribution in [1.82, 2.24) is 28.7 Å². The van der Waals surface area contributed by atoms with E-state index in [2.05, 4.69) is 143 Å². The smallest absolute Gasteiger partial charge is 0.265 e. The van der Waals surface area contributed by atoms with Gasteiger partial charge in [-0.1, -0.05) is 182 Å². The Labute approximate surface area is 417 Å².